The SMILES string of the molecule is Cl.N[C@@H](Cc1ccc(O)cc1)C(=O)NCCCCC(=O)N(C[C@H]1CN(c2ccc(N3CCOCC3=O)cc2)C(=O)O1)C(=O)c1ccc(Cl)s1. The van der Waals surface area contributed by atoms with E-state index in [-0.39, 0.29) is 67.5 Å². The highest BCUT2D eigenvalue weighted by molar-refractivity contribution is 7.18. The molecule has 3 aromatic rings. The molecule has 49 heavy (non-hydrogen) atoms. The van der Waals surface area contributed by atoms with Crippen molar-refractivity contribution in [2.24, 2.45) is 5.73 Å². The molecule has 0 radical (unpaired) electrons. The lowest BCUT2D eigenvalue weighted by molar-refractivity contribution is -0.129. The molecule has 2 aromatic carbocycles. The molecule has 2 saturated heterocycles. The van der Waals surface area contributed by atoms with E-state index in [2.05, 4.69) is 5.32 Å². The maximum Gasteiger partial charge on any atom is 0.414 e. The van der Waals surface area contributed by atoms with Crippen molar-refractivity contribution < 1.29 is 38.6 Å². The van der Waals surface area contributed by atoms with Crippen molar-refractivity contribution in [1.82, 2.24) is 10.2 Å². The van der Waals surface area contributed by atoms with Crippen molar-refractivity contribution in [2.75, 3.05) is 49.2 Å². The first-order chi connectivity index (χ1) is 23.1. The number of imide groups is 1. The second-order valence-corrected chi connectivity index (χ2v) is 13.1. The number of carbonyl (C=O) groups excluding carboxylic acids is 5. The maximum atomic E-state index is 13.4. The molecule has 2 aliphatic rings. The van der Waals surface area contributed by atoms with Crippen molar-refractivity contribution >= 4 is 76.4 Å². The fourth-order valence-corrected chi connectivity index (χ4v) is 6.34. The first kappa shape index (κ1) is 37.6. The monoisotopic (exact) mass is 733 g/mol. The number of halogens is 2. The van der Waals surface area contributed by atoms with Crippen LogP contribution in [0.5, 0.6) is 5.75 Å². The number of unbranched alkanes of at least 4 members (excludes halogenated alkanes) is 1. The predicted molar refractivity (Wildman–Crippen MR) is 186 cm³/mol. The van der Waals surface area contributed by atoms with Gasteiger partial charge in [0.15, 0.2) is 0 Å². The largest absolute Gasteiger partial charge is 0.508 e. The first-order valence-electron chi connectivity index (χ1n) is 15.5. The van der Waals surface area contributed by atoms with Crippen LogP contribution in [0.3, 0.4) is 0 Å². The Kier molecular flexibility index (Phi) is 13.4. The molecule has 262 valence electrons. The van der Waals surface area contributed by atoms with Gasteiger partial charge in [0, 0.05) is 30.9 Å². The van der Waals surface area contributed by atoms with Gasteiger partial charge in [0.25, 0.3) is 11.8 Å². The number of nitrogens with one attached hydrogen (secondary N) is 1. The zero-order valence-electron chi connectivity index (χ0n) is 26.4. The summed E-state index contributed by atoms with van der Waals surface area (Å²) in [5.74, 6) is -1.35. The van der Waals surface area contributed by atoms with E-state index in [4.69, 9.17) is 26.8 Å². The van der Waals surface area contributed by atoms with Crippen molar-refractivity contribution in [1.29, 1.82) is 0 Å². The number of morpholine rings is 1. The lowest BCUT2D eigenvalue weighted by Crippen LogP contribution is -2.43. The third kappa shape index (κ3) is 9.92. The Hall–Kier alpha value is -4.21. The number of cyclic esters (lactones) is 1. The number of ether oxygens (including phenoxy) is 2. The van der Waals surface area contributed by atoms with Crippen LogP contribution in [0.25, 0.3) is 0 Å². The highest BCUT2D eigenvalue weighted by atomic mass is 35.5. The van der Waals surface area contributed by atoms with Crippen LogP contribution in [-0.4, -0.2) is 91.3 Å². The van der Waals surface area contributed by atoms with Crippen molar-refractivity contribution in [2.45, 2.75) is 37.8 Å². The molecule has 2 atom stereocenters. The molecule has 1 aromatic heterocycles. The van der Waals surface area contributed by atoms with E-state index in [1.807, 2.05) is 0 Å². The van der Waals surface area contributed by atoms with Crippen LogP contribution in [-0.2, 0) is 30.3 Å². The number of aromatic hydroxyl groups is 1. The van der Waals surface area contributed by atoms with Gasteiger partial charge < -0.3 is 30.5 Å². The summed E-state index contributed by atoms with van der Waals surface area (Å²) in [5.41, 5.74) is 8.06. The third-order valence-corrected chi connectivity index (χ3v) is 9.11. The Labute approximate surface area is 298 Å². The van der Waals surface area contributed by atoms with Gasteiger partial charge in [0.05, 0.1) is 35.0 Å². The van der Waals surface area contributed by atoms with E-state index >= 15 is 0 Å². The number of nitrogens with zero attached hydrogens (tertiary/aromatic N) is 3. The number of hydrogen-bond donors (Lipinski definition) is 3. The molecule has 5 amide bonds. The summed E-state index contributed by atoms with van der Waals surface area (Å²) in [6.07, 6.45) is -0.223. The lowest BCUT2D eigenvalue weighted by Gasteiger charge is -2.27. The predicted octanol–water partition coefficient (Wildman–Crippen LogP) is 3.74. The Morgan fingerprint density at radius 2 is 1.71 bits per heavy atom. The number of thiophene rings is 1. The summed E-state index contributed by atoms with van der Waals surface area (Å²) >= 11 is 7.10. The molecule has 0 aliphatic carbocycles. The van der Waals surface area contributed by atoms with E-state index in [9.17, 15) is 29.1 Å². The molecule has 4 N–H and O–H groups in total. The van der Waals surface area contributed by atoms with Gasteiger partial charge in [-0.05, 0) is 73.4 Å². The van der Waals surface area contributed by atoms with E-state index in [1.165, 1.54) is 17.0 Å². The summed E-state index contributed by atoms with van der Waals surface area (Å²) in [6.45, 7) is 1.13. The number of phenolic OH excluding ortho intramolecular Hbond substituents is 1. The van der Waals surface area contributed by atoms with Gasteiger partial charge in [-0.25, -0.2) is 4.79 Å². The second kappa shape index (κ2) is 17.4. The quantitative estimate of drug-likeness (QED) is 0.221. The zero-order chi connectivity index (χ0) is 34.2. The maximum absolute atomic E-state index is 13.4. The number of rotatable bonds is 13. The smallest absolute Gasteiger partial charge is 0.414 e. The van der Waals surface area contributed by atoms with Crippen LogP contribution < -0.4 is 20.9 Å². The van der Waals surface area contributed by atoms with Gasteiger partial charge in [-0.2, -0.15) is 0 Å². The second-order valence-electron chi connectivity index (χ2n) is 11.4. The molecule has 0 saturated carbocycles. The molecule has 13 nitrogen and oxygen atoms in total. The minimum absolute atomic E-state index is 0. The Morgan fingerprint density at radius 3 is 2.37 bits per heavy atom. The molecule has 2 fully saturated rings. The van der Waals surface area contributed by atoms with E-state index in [1.54, 1.807) is 53.4 Å². The average Bonchev–Trinajstić information content (AvgIpc) is 3.69. The number of benzene rings is 2. The lowest BCUT2D eigenvalue weighted by atomic mass is 10.1. The first-order valence-corrected chi connectivity index (χ1v) is 16.7. The van der Waals surface area contributed by atoms with Crippen molar-refractivity contribution in [3.05, 3.63) is 75.4 Å². The Morgan fingerprint density at radius 1 is 1.02 bits per heavy atom. The summed E-state index contributed by atoms with van der Waals surface area (Å²) in [4.78, 5) is 68.7. The Bertz CT molecular complexity index is 1640. The number of nitrogens with two attached hydrogens (primary N) is 1. The summed E-state index contributed by atoms with van der Waals surface area (Å²) in [7, 11) is 0. The summed E-state index contributed by atoms with van der Waals surface area (Å²) in [5, 5.41) is 12.2. The van der Waals surface area contributed by atoms with Gasteiger partial charge in [-0.15, -0.1) is 23.7 Å². The van der Waals surface area contributed by atoms with Crippen molar-refractivity contribution in [3.63, 3.8) is 0 Å². The molecule has 5 rings (SSSR count). The van der Waals surface area contributed by atoms with Gasteiger partial charge >= 0.3 is 6.09 Å². The number of carbonyl (C=O) groups is 5. The van der Waals surface area contributed by atoms with Crippen LogP contribution in [0.1, 0.15) is 34.5 Å². The number of anilines is 2. The number of phenols is 1. The van der Waals surface area contributed by atoms with Crippen LogP contribution in [0.15, 0.2) is 60.7 Å². The van der Waals surface area contributed by atoms with Gasteiger partial charge in [-0.1, -0.05) is 23.7 Å². The number of hydrogen-bond acceptors (Lipinski definition) is 10. The van der Waals surface area contributed by atoms with Crippen molar-refractivity contribution in [3.8, 4) is 5.75 Å². The fourth-order valence-electron chi connectivity index (χ4n) is 5.35. The molecule has 0 unspecified atom stereocenters. The van der Waals surface area contributed by atoms with Crippen LogP contribution >= 0.6 is 35.3 Å². The highest BCUT2D eigenvalue weighted by Gasteiger charge is 2.36. The molecular weight excluding hydrogens is 697 g/mol. The molecular formula is C33H37Cl2N5O8S. The molecule has 3 heterocycles. The fraction of sp³-hybridized carbons (Fsp3) is 0.364. The van der Waals surface area contributed by atoms with Crippen LogP contribution in [0.4, 0.5) is 16.2 Å². The molecule has 0 spiro atoms. The standard InChI is InChI=1S/C33H36ClN5O8S.ClH/c34-28-13-12-27(48-28)32(44)39(29(41)3-1-2-14-36-31(43)26(35)17-21-4-10-24(40)11-5-21)19-25-18-38(33(45)47-25)23-8-6-22(7-9-23)37-15-16-46-20-30(37)42;/h4-13,25-26,40H,1-3,14-20,35H2,(H,36,43);1H/t25-,26+;/m1./s1. The average molecular weight is 735 g/mol. The van der Waals surface area contributed by atoms with E-state index in [0.29, 0.717) is 48.1 Å². The van der Waals surface area contributed by atoms with Crippen LogP contribution in [0.2, 0.25) is 4.34 Å². The topological polar surface area (TPSA) is 172 Å². The van der Waals surface area contributed by atoms with Gasteiger partial charge in [-0.3, -0.25) is 29.0 Å². The van der Waals surface area contributed by atoms with E-state index < -0.39 is 30.1 Å². The van der Waals surface area contributed by atoms with Crippen LogP contribution in [0, 0.1) is 0 Å². The zero-order valence-corrected chi connectivity index (χ0v) is 28.8. The minimum Gasteiger partial charge on any atom is -0.508 e. The summed E-state index contributed by atoms with van der Waals surface area (Å²) < 4.78 is 11.1. The van der Waals surface area contributed by atoms with E-state index in [0.717, 1.165) is 21.8 Å². The third-order valence-electron chi connectivity index (χ3n) is 7.89. The Balaban J connectivity index is 0.00000541. The molecule has 2 aliphatic heterocycles. The minimum atomic E-state index is -0.782. The van der Waals surface area contributed by atoms with Gasteiger partial charge in [0.2, 0.25) is 11.8 Å². The van der Waals surface area contributed by atoms with Gasteiger partial charge in [0.1, 0.15) is 18.5 Å². The highest BCUT2D eigenvalue weighted by Crippen LogP contribution is 2.28. The normalized spacial score (nSPS) is 16.5. The summed E-state index contributed by atoms with van der Waals surface area (Å²) in [6, 6.07) is 15.7. The number of amides is 5. The molecule has 16 heteroatoms. The molecule has 0 bridgehead atoms.